The lowest BCUT2D eigenvalue weighted by atomic mass is 9.98. The van der Waals surface area contributed by atoms with Crippen LogP contribution in [-0.4, -0.2) is 17.4 Å². The lowest BCUT2D eigenvalue weighted by molar-refractivity contribution is -0.121. The van der Waals surface area contributed by atoms with Gasteiger partial charge in [0, 0.05) is 6.54 Å². The summed E-state index contributed by atoms with van der Waals surface area (Å²) in [7, 11) is 0. The van der Waals surface area contributed by atoms with Crippen molar-refractivity contribution in [3.63, 3.8) is 0 Å². The monoisotopic (exact) mass is 262 g/mol. The number of hydrogen-bond acceptors (Lipinski definition) is 2. The largest absolute Gasteiger partial charge is 0.392 e. The van der Waals surface area contributed by atoms with Crippen LogP contribution in [0.5, 0.6) is 0 Å². The molecule has 1 aliphatic carbocycles. The number of benzene rings is 1. The Kier molecular flexibility index (Phi) is 4.31. The van der Waals surface area contributed by atoms with E-state index in [-0.39, 0.29) is 10.9 Å². The first-order chi connectivity index (χ1) is 8.68. The van der Waals surface area contributed by atoms with Crippen molar-refractivity contribution in [1.82, 2.24) is 5.32 Å². The maximum Gasteiger partial charge on any atom is 0.234 e. The molecule has 2 rings (SSSR count). The molecule has 0 radical (unpaired) electrons. The van der Waals surface area contributed by atoms with Crippen molar-refractivity contribution in [1.29, 1.82) is 0 Å². The van der Waals surface area contributed by atoms with Crippen LogP contribution in [0, 0.1) is 5.92 Å². The molecule has 0 aromatic heterocycles. The maximum atomic E-state index is 12.1. The molecule has 96 valence electrons. The van der Waals surface area contributed by atoms with Gasteiger partial charge in [0.2, 0.25) is 5.91 Å². The molecule has 1 fully saturated rings. The summed E-state index contributed by atoms with van der Waals surface area (Å²) >= 11 is 5.01. The van der Waals surface area contributed by atoms with Gasteiger partial charge in [-0.3, -0.25) is 4.79 Å². The maximum absolute atomic E-state index is 12.1. The Morgan fingerprint density at radius 1 is 1.39 bits per heavy atom. The highest BCUT2D eigenvalue weighted by atomic mass is 32.1. The fourth-order valence-corrected chi connectivity index (χ4v) is 2.24. The predicted molar refractivity (Wildman–Crippen MR) is 76.3 cm³/mol. The van der Waals surface area contributed by atoms with Crippen LogP contribution in [-0.2, 0) is 4.79 Å². The van der Waals surface area contributed by atoms with E-state index >= 15 is 0 Å². The smallest absolute Gasteiger partial charge is 0.234 e. The summed E-state index contributed by atoms with van der Waals surface area (Å²) in [5.74, 6) is 0.208. The standard InChI is InChI=1S/C14H18N2OS/c15-13(18)12(11-4-2-1-3-5-11)14(17)16-9-8-10-6-7-10/h1-5,10,12H,6-9H2,(H2,15,18)(H,16,17). The van der Waals surface area contributed by atoms with Crippen molar-refractivity contribution in [3.8, 4) is 0 Å². The quantitative estimate of drug-likeness (QED) is 0.771. The van der Waals surface area contributed by atoms with Gasteiger partial charge in [0.1, 0.15) is 5.92 Å². The molecule has 0 aliphatic heterocycles. The molecule has 0 bridgehead atoms. The zero-order valence-electron chi connectivity index (χ0n) is 10.3. The van der Waals surface area contributed by atoms with Crippen molar-refractivity contribution in [2.45, 2.75) is 25.2 Å². The number of nitrogens with two attached hydrogens (primary N) is 1. The highest BCUT2D eigenvalue weighted by molar-refractivity contribution is 7.80. The third-order valence-electron chi connectivity index (χ3n) is 3.23. The summed E-state index contributed by atoms with van der Waals surface area (Å²) in [6.07, 6.45) is 3.66. The van der Waals surface area contributed by atoms with Gasteiger partial charge in [0.25, 0.3) is 0 Å². The van der Waals surface area contributed by atoms with Gasteiger partial charge in [-0.2, -0.15) is 0 Å². The summed E-state index contributed by atoms with van der Waals surface area (Å²) in [5, 5.41) is 2.93. The van der Waals surface area contributed by atoms with Crippen LogP contribution >= 0.6 is 12.2 Å². The Hall–Kier alpha value is -1.42. The second-order valence-corrected chi connectivity index (χ2v) is 5.24. The summed E-state index contributed by atoms with van der Waals surface area (Å²) in [6.45, 7) is 0.718. The van der Waals surface area contributed by atoms with Crippen molar-refractivity contribution in [2.75, 3.05) is 6.54 Å². The van der Waals surface area contributed by atoms with Crippen molar-refractivity contribution < 1.29 is 4.79 Å². The molecule has 0 spiro atoms. The predicted octanol–water partition coefficient (Wildman–Crippen LogP) is 1.97. The SMILES string of the molecule is NC(=S)C(C(=O)NCCC1CC1)c1ccccc1. The molecule has 1 aromatic carbocycles. The van der Waals surface area contributed by atoms with Gasteiger partial charge < -0.3 is 11.1 Å². The summed E-state index contributed by atoms with van der Waals surface area (Å²) in [4.78, 5) is 12.3. The van der Waals surface area contributed by atoms with E-state index in [0.29, 0.717) is 0 Å². The molecule has 4 heteroatoms. The third-order valence-corrected chi connectivity index (χ3v) is 3.46. The van der Waals surface area contributed by atoms with E-state index in [0.717, 1.165) is 24.4 Å². The topological polar surface area (TPSA) is 55.1 Å². The van der Waals surface area contributed by atoms with Gasteiger partial charge in [-0.25, -0.2) is 0 Å². The summed E-state index contributed by atoms with van der Waals surface area (Å²) < 4.78 is 0. The molecular weight excluding hydrogens is 244 g/mol. The van der Waals surface area contributed by atoms with Gasteiger partial charge in [-0.1, -0.05) is 55.4 Å². The van der Waals surface area contributed by atoms with E-state index in [4.69, 9.17) is 18.0 Å². The fourth-order valence-electron chi connectivity index (χ4n) is 2.00. The first kappa shape index (κ1) is 13.0. The fraction of sp³-hybridized carbons (Fsp3) is 0.429. The number of hydrogen-bond donors (Lipinski definition) is 2. The highest BCUT2D eigenvalue weighted by Crippen LogP contribution is 2.31. The van der Waals surface area contributed by atoms with Crippen LogP contribution in [0.25, 0.3) is 0 Å². The van der Waals surface area contributed by atoms with Crippen LogP contribution in [0.3, 0.4) is 0 Å². The molecule has 1 unspecified atom stereocenters. The number of carbonyl (C=O) groups is 1. The zero-order valence-corrected chi connectivity index (χ0v) is 11.1. The Bertz CT molecular complexity index is 429. The Labute approximate surface area is 113 Å². The minimum absolute atomic E-state index is 0.0886. The lowest BCUT2D eigenvalue weighted by Crippen LogP contribution is -2.36. The molecule has 18 heavy (non-hydrogen) atoms. The number of rotatable bonds is 6. The molecule has 3 N–H and O–H groups in total. The molecule has 1 aliphatic rings. The number of nitrogens with one attached hydrogen (secondary N) is 1. The molecule has 1 atom stereocenters. The average molecular weight is 262 g/mol. The van der Waals surface area contributed by atoms with Crippen LogP contribution in [0.4, 0.5) is 0 Å². The van der Waals surface area contributed by atoms with E-state index in [1.165, 1.54) is 12.8 Å². The van der Waals surface area contributed by atoms with E-state index in [1.807, 2.05) is 30.3 Å². The summed E-state index contributed by atoms with van der Waals surface area (Å²) in [5.41, 5.74) is 6.54. The van der Waals surface area contributed by atoms with Crippen LogP contribution in [0.15, 0.2) is 30.3 Å². The summed E-state index contributed by atoms with van der Waals surface area (Å²) in [6, 6.07) is 9.44. The normalized spacial score (nSPS) is 16.0. The molecule has 3 nitrogen and oxygen atoms in total. The molecule has 0 heterocycles. The first-order valence-corrected chi connectivity index (χ1v) is 6.71. The van der Waals surface area contributed by atoms with Gasteiger partial charge >= 0.3 is 0 Å². The van der Waals surface area contributed by atoms with Crippen molar-refractivity contribution >= 4 is 23.1 Å². The van der Waals surface area contributed by atoms with Crippen LogP contribution in [0.2, 0.25) is 0 Å². The van der Waals surface area contributed by atoms with Crippen molar-refractivity contribution in [2.24, 2.45) is 11.7 Å². The third kappa shape index (κ3) is 3.53. The van der Waals surface area contributed by atoms with Gasteiger partial charge in [0.15, 0.2) is 0 Å². The van der Waals surface area contributed by atoms with Crippen LogP contribution in [0.1, 0.15) is 30.7 Å². The number of amides is 1. The van der Waals surface area contributed by atoms with Gasteiger partial charge in [-0.05, 0) is 17.9 Å². The van der Waals surface area contributed by atoms with Gasteiger partial charge in [0.05, 0.1) is 4.99 Å². The highest BCUT2D eigenvalue weighted by Gasteiger charge is 2.24. The molecule has 1 aromatic rings. The van der Waals surface area contributed by atoms with E-state index in [2.05, 4.69) is 5.32 Å². The van der Waals surface area contributed by atoms with Crippen molar-refractivity contribution in [3.05, 3.63) is 35.9 Å². The first-order valence-electron chi connectivity index (χ1n) is 6.30. The molecule has 1 amide bonds. The zero-order chi connectivity index (χ0) is 13.0. The minimum atomic E-state index is -0.514. The Balaban J connectivity index is 1.95. The molecule has 1 saturated carbocycles. The number of carbonyl (C=O) groups excluding carboxylic acids is 1. The average Bonchev–Trinajstić information content (AvgIpc) is 3.14. The lowest BCUT2D eigenvalue weighted by Gasteiger charge is -2.15. The van der Waals surface area contributed by atoms with E-state index in [1.54, 1.807) is 0 Å². The van der Waals surface area contributed by atoms with Crippen LogP contribution < -0.4 is 11.1 Å². The molecule has 0 saturated heterocycles. The second-order valence-electron chi connectivity index (χ2n) is 4.77. The minimum Gasteiger partial charge on any atom is -0.392 e. The Morgan fingerprint density at radius 2 is 2.06 bits per heavy atom. The van der Waals surface area contributed by atoms with E-state index in [9.17, 15) is 4.79 Å². The van der Waals surface area contributed by atoms with E-state index < -0.39 is 5.92 Å². The number of thiocarbonyl (C=S) groups is 1. The van der Waals surface area contributed by atoms with Gasteiger partial charge in [-0.15, -0.1) is 0 Å². The Morgan fingerprint density at radius 3 is 2.61 bits per heavy atom. The second kappa shape index (κ2) is 5.96. The molecular formula is C14H18N2OS.